The molecule has 1 aromatic heterocycles. The molecule has 0 aromatic carbocycles. The van der Waals surface area contributed by atoms with Gasteiger partial charge < -0.3 is 9.84 Å². The van der Waals surface area contributed by atoms with Gasteiger partial charge in [0.05, 0.1) is 18.1 Å². The second kappa shape index (κ2) is 5.69. The van der Waals surface area contributed by atoms with Crippen LogP contribution in [-0.4, -0.2) is 18.3 Å². The predicted octanol–water partition coefficient (Wildman–Crippen LogP) is 2.74. The Hall–Kier alpha value is -0.120. The lowest BCUT2D eigenvalue weighted by atomic mass is 10.3. The smallest absolute Gasteiger partial charge is 0.178 e. The number of rotatable bonds is 4. The number of nitriles is 1. The van der Waals surface area contributed by atoms with E-state index < -0.39 is 6.10 Å². The number of hydrogen-bond acceptors (Lipinski definition) is 4. The molecule has 0 fully saturated rings. The normalized spacial score (nSPS) is 12.4. The van der Waals surface area contributed by atoms with E-state index >= 15 is 0 Å². The third-order valence-corrected chi connectivity index (χ3v) is 3.93. The van der Waals surface area contributed by atoms with E-state index in [9.17, 15) is 0 Å². The van der Waals surface area contributed by atoms with Crippen LogP contribution >= 0.6 is 38.9 Å². The molecular formula is C8H7BrClNO2S. The lowest BCUT2D eigenvalue weighted by molar-refractivity contribution is 0.0598. The van der Waals surface area contributed by atoms with Crippen LogP contribution in [0, 0.1) is 11.3 Å². The lowest BCUT2D eigenvalue weighted by Gasteiger charge is -2.06. The van der Waals surface area contributed by atoms with Crippen LogP contribution in [0.2, 0.25) is 4.34 Å². The van der Waals surface area contributed by atoms with E-state index in [1.54, 1.807) is 6.07 Å². The molecule has 0 aliphatic carbocycles. The number of thiophene rings is 1. The minimum Gasteiger partial charge on any atom is -0.394 e. The highest BCUT2D eigenvalue weighted by Gasteiger charge is 2.15. The summed E-state index contributed by atoms with van der Waals surface area (Å²) in [4.78, 5) is 0.734. The van der Waals surface area contributed by atoms with E-state index in [0.717, 1.165) is 9.35 Å². The fourth-order valence-electron chi connectivity index (χ4n) is 0.846. The lowest BCUT2D eigenvalue weighted by Crippen LogP contribution is -2.04. The van der Waals surface area contributed by atoms with Crippen LogP contribution < -0.4 is 0 Å². The van der Waals surface area contributed by atoms with Crippen molar-refractivity contribution in [3.63, 3.8) is 0 Å². The molecule has 0 spiro atoms. The van der Waals surface area contributed by atoms with Gasteiger partial charge in [-0.2, -0.15) is 5.26 Å². The molecule has 1 N–H and O–H groups in total. The molecule has 0 bridgehead atoms. The maximum Gasteiger partial charge on any atom is 0.178 e. The van der Waals surface area contributed by atoms with Gasteiger partial charge in [0.25, 0.3) is 0 Å². The first-order chi connectivity index (χ1) is 6.69. The number of halogens is 2. The molecule has 1 unspecified atom stereocenters. The van der Waals surface area contributed by atoms with Crippen molar-refractivity contribution in [2.75, 3.05) is 13.2 Å². The minimum absolute atomic E-state index is 0.0988. The Bertz CT molecular complexity index is 330. The van der Waals surface area contributed by atoms with Crippen LogP contribution in [0.15, 0.2) is 10.5 Å². The van der Waals surface area contributed by atoms with Crippen LogP contribution in [0.25, 0.3) is 0 Å². The van der Waals surface area contributed by atoms with Gasteiger partial charge in [-0.1, -0.05) is 11.6 Å². The van der Waals surface area contributed by atoms with Crippen molar-refractivity contribution >= 4 is 38.9 Å². The summed E-state index contributed by atoms with van der Waals surface area (Å²) in [6.45, 7) is 0.0455. The summed E-state index contributed by atoms with van der Waals surface area (Å²) in [6.07, 6.45) is -0.657. The van der Waals surface area contributed by atoms with Crippen molar-refractivity contribution in [3.8, 4) is 6.07 Å². The first kappa shape index (κ1) is 12.0. The van der Waals surface area contributed by atoms with Crippen LogP contribution in [0.4, 0.5) is 0 Å². The monoisotopic (exact) mass is 295 g/mol. The summed E-state index contributed by atoms with van der Waals surface area (Å²) in [6, 6.07) is 3.74. The van der Waals surface area contributed by atoms with E-state index in [1.165, 1.54) is 11.3 Å². The summed E-state index contributed by atoms with van der Waals surface area (Å²) in [5, 5.41) is 17.3. The predicted molar refractivity (Wildman–Crippen MR) is 58.4 cm³/mol. The van der Waals surface area contributed by atoms with E-state index in [1.807, 2.05) is 6.07 Å². The molecule has 0 saturated carbocycles. The van der Waals surface area contributed by atoms with Crippen molar-refractivity contribution in [2.24, 2.45) is 0 Å². The van der Waals surface area contributed by atoms with Crippen LogP contribution in [-0.2, 0) is 4.74 Å². The molecule has 14 heavy (non-hydrogen) atoms. The van der Waals surface area contributed by atoms with E-state index in [0.29, 0.717) is 4.34 Å². The maximum atomic E-state index is 8.80. The molecule has 3 nitrogen and oxygen atoms in total. The standard InChI is InChI=1S/C8H7BrClNO2S/c9-5-3-7(14-8(5)10)6(4-11)13-2-1-12/h3,6,12H,1-2H2. The molecule has 0 aliphatic heterocycles. The number of nitrogens with zero attached hydrogens (tertiary/aromatic N) is 1. The van der Waals surface area contributed by atoms with Gasteiger partial charge >= 0.3 is 0 Å². The van der Waals surface area contributed by atoms with Crippen LogP contribution in [0.1, 0.15) is 11.0 Å². The van der Waals surface area contributed by atoms with Gasteiger partial charge in [0.1, 0.15) is 10.4 Å². The minimum atomic E-state index is -0.657. The summed E-state index contributed by atoms with van der Waals surface area (Å²) in [5.41, 5.74) is 0. The zero-order valence-corrected chi connectivity index (χ0v) is 10.2. The van der Waals surface area contributed by atoms with Gasteiger partial charge in [-0.05, 0) is 22.0 Å². The Kier molecular flexibility index (Phi) is 4.85. The zero-order valence-electron chi connectivity index (χ0n) is 7.04. The molecule has 0 saturated heterocycles. The van der Waals surface area contributed by atoms with Gasteiger partial charge in [0.2, 0.25) is 0 Å². The number of ether oxygens (including phenoxy) is 1. The first-order valence-corrected chi connectivity index (χ1v) is 5.74. The van der Waals surface area contributed by atoms with Gasteiger partial charge in [-0.3, -0.25) is 0 Å². The fourth-order valence-corrected chi connectivity index (χ4v) is 2.58. The van der Waals surface area contributed by atoms with Crippen molar-refractivity contribution in [3.05, 3.63) is 19.8 Å². The van der Waals surface area contributed by atoms with Crippen molar-refractivity contribution in [2.45, 2.75) is 6.10 Å². The molecule has 1 atom stereocenters. The van der Waals surface area contributed by atoms with E-state index in [4.69, 9.17) is 26.7 Å². The average molecular weight is 297 g/mol. The SMILES string of the molecule is N#CC(OCCO)c1cc(Br)c(Cl)s1. The van der Waals surface area contributed by atoms with Gasteiger partial charge in [0, 0.05) is 4.47 Å². The van der Waals surface area contributed by atoms with Crippen molar-refractivity contribution < 1.29 is 9.84 Å². The Morgan fingerprint density at radius 3 is 2.93 bits per heavy atom. The number of aliphatic hydroxyl groups is 1. The summed E-state index contributed by atoms with van der Waals surface area (Å²) in [7, 11) is 0. The molecule has 1 heterocycles. The Labute approximate surface area is 99.0 Å². The van der Waals surface area contributed by atoms with Crippen molar-refractivity contribution in [1.82, 2.24) is 0 Å². The van der Waals surface area contributed by atoms with Crippen LogP contribution in [0.3, 0.4) is 0 Å². The molecule has 6 heteroatoms. The molecule has 1 rings (SSSR count). The average Bonchev–Trinajstić information content (AvgIpc) is 2.48. The highest BCUT2D eigenvalue weighted by Crippen LogP contribution is 2.36. The highest BCUT2D eigenvalue weighted by molar-refractivity contribution is 9.10. The Balaban J connectivity index is 2.75. The first-order valence-electron chi connectivity index (χ1n) is 3.76. The zero-order chi connectivity index (χ0) is 10.6. The Morgan fingerprint density at radius 1 is 1.79 bits per heavy atom. The second-order valence-electron chi connectivity index (χ2n) is 2.37. The molecule has 0 radical (unpaired) electrons. The second-order valence-corrected chi connectivity index (χ2v) is 4.91. The fraction of sp³-hybridized carbons (Fsp3) is 0.375. The third kappa shape index (κ3) is 2.94. The van der Waals surface area contributed by atoms with Crippen LogP contribution in [0.5, 0.6) is 0 Å². The summed E-state index contributed by atoms with van der Waals surface area (Å²) < 4.78 is 6.46. The quantitative estimate of drug-likeness (QED) is 0.929. The Morgan fingerprint density at radius 2 is 2.50 bits per heavy atom. The molecular weight excluding hydrogens is 290 g/mol. The largest absolute Gasteiger partial charge is 0.394 e. The highest BCUT2D eigenvalue weighted by atomic mass is 79.9. The number of hydrogen-bond donors (Lipinski definition) is 1. The van der Waals surface area contributed by atoms with Gasteiger partial charge in [-0.15, -0.1) is 11.3 Å². The third-order valence-electron chi connectivity index (χ3n) is 1.42. The molecule has 76 valence electrons. The van der Waals surface area contributed by atoms with E-state index in [-0.39, 0.29) is 13.2 Å². The van der Waals surface area contributed by atoms with E-state index in [2.05, 4.69) is 15.9 Å². The maximum absolute atomic E-state index is 8.80. The van der Waals surface area contributed by atoms with Gasteiger partial charge in [-0.25, -0.2) is 0 Å². The summed E-state index contributed by atoms with van der Waals surface area (Å²) >= 11 is 10.4. The van der Waals surface area contributed by atoms with Gasteiger partial charge in [0.15, 0.2) is 6.10 Å². The molecule has 1 aromatic rings. The topological polar surface area (TPSA) is 53.2 Å². The summed E-state index contributed by atoms with van der Waals surface area (Å²) in [5.74, 6) is 0. The molecule has 0 aliphatic rings. The molecule has 0 amide bonds. The van der Waals surface area contributed by atoms with Crippen molar-refractivity contribution in [1.29, 1.82) is 5.26 Å². The number of aliphatic hydroxyl groups excluding tert-OH is 1.